The highest BCUT2D eigenvalue weighted by Crippen LogP contribution is 2.29. The van der Waals surface area contributed by atoms with Crippen LogP contribution in [0.25, 0.3) is 0 Å². The van der Waals surface area contributed by atoms with E-state index in [2.05, 4.69) is 42.0 Å². The molecule has 2 saturated heterocycles. The maximum Gasteiger partial charge on any atom is 0.0346 e. The van der Waals surface area contributed by atoms with Crippen molar-refractivity contribution in [2.45, 2.75) is 44.8 Å². The summed E-state index contributed by atoms with van der Waals surface area (Å²) in [4.78, 5) is 5.20. The zero-order valence-electron chi connectivity index (χ0n) is 12.1. The summed E-state index contributed by atoms with van der Waals surface area (Å²) >= 11 is 0. The van der Waals surface area contributed by atoms with Crippen LogP contribution in [0, 0.1) is 6.92 Å². The third-order valence-corrected chi connectivity index (χ3v) is 4.98. The van der Waals surface area contributed by atoms with Crippen molar-refractivity contribution in [1.29, 1.82) is 0 Å². The molecule has 2 heterocycles. The average Bonchev–Trinajstić information content (AvgIpc) is 2.62. The summed E-state index contributed by atoms with van der Waals surface area (Å²) < 4.78 is 0. The summed E-state index contributed by atoms with van der Waals surface area (Å²) in [6.07, 6.45) is 4.08. The third-order valence-electron chi connectivity index (χ3n) is 4.98. The number of likely N-dealkylation sites (N-methyl/N-ethyl adjacent to an activating group) is 1. The Hall–Kier alpha value is -1.06. The predicted octanol–water partition coefficient (Wildman–Crippen LogP) is 2.25. The van der Waals surface area contributed by atoms with Crippen molar-refractivity contribution in [3.8, 4) is 0 Å². The van der Waals surface area contributed by atoms with Crippen LogP contribution in [-0.4, -0.2) is 42.0 Å². The number of fused-ring (bicyclic) bond motifs is 2. The van der Waals surface area contributed by atoms with E-state index in [1.54, 1.807) is 0 Å². The molecule has 3 heteroatoms. The summed E-state index contributed by atoms with van der Waals surface area (Å²) in [5.74, 6) is 0. The highest BCUT2D eigenvalue weighted by molar-refractivity contribution is 5.48. The van der Waals surface area contributed by atoms with Gasteiger partial charge in [0.1, 0.15) is 0 Å². The molecule has 2 N–H and O–H groups in total. The molecule has 0 spiro atoms. The van der Waals surface area contributed by atoms with Gasteiger partial charge >= 0.3 is 0 Å². The first-order chi connectivity index (χ1) is 9.13. The molecule has 0 amide bonds. The number of anilines is 1. The van der Waals surface area contributed by atoms with E-state index in [-0.39, 0.29) is 0 Å². The highest BCUT2D eigenvalue weighted by atomic mass is 15.3. The van der Waals surface area contributed by atoms with Gasteiger partial charge in [-0.1, -0.05) is 12.1 Å². The van der Waals surface area contributed by atoms with Crippen LogP contribution in [0.5, 0.6) is 0 Å². The number of nitrogens with zero attached hydrogens (tertiary/aromatic N) is 2. The second kappa shape index (κ2) is 5.14. The van der Waals surface area contributed by atoms with Crippen molar-refractivity contribution >= 4 is 5.69 Å². The SMILES string of the molecule is Cc1ccc(CN2CCC3CCC(C2)N3C)cc1N. The van der Waals surface area contributed by atoms with Crippen LogP contribution in [0.3, 0.4) is 0 Å². The summed E-state index contributed by atoms with van der Waals surface area (Å²) in [6, 6.07) is 8.08. The molecule has 0 saturated carbocycles. The van der Waals surface area contributed by atoms with E-state index in [4.69, 9.17) is 5.73 Å². The predicted molar refractivity (Wildman–Crippen MR) is 80.1 cm³/mol. The molecular weight excluding hydrogens is 234 g/mol. The molecule has 1 aromatic carbocycles. The average molecular weight is 259 g/mol. The Bertz CT molecular complexity index is 457. The number of likely N-dealkylation sites (tertiary alicyclic amines) is 1. The van der Waals surface area contributed by atoms with Crippen molar-refractivity contribution in [2.75, 3.05) is 25.9 Å². The van der Waals surface area contributed by atoms with Crippen LogP contribution in [0.4, 0.5) is 5.69 Å². The van der Waals surface area contributed by atoms with E-state index in [1.807, 2.05) is 0 Å². The minimum Gasteiger partial charge on any atom is -0.399 e. The zero-order chi connectivity index (χ0) is 13.4. The van der Waals surface area contributed by atoms with Gasteiger partial charge in [0.15, 0.2) is 0 Å². The lowest BCUT2D eigenvalue weighted by atomic mass is 10.1. The molecule has 0 aliphatic carbocycles. The Kier molecular flexibility index (Phi) is 3.50. The molecule has 2 unspecified atom stereocenters. The van der Waals surface area contributed by atoms with Crippen LogP contribution in [-0.2, 0) is 6.54 Å². The fourth-order valence-corrected chi connectivity index (χ4v) is 3.57. The third kappa shape index (κ3) is 2.63. The zero-order valence-corrected chi connectivity index (χ0v) is 12.1. The van der Waals surface area contributed by atoms with Gasteiger partial charge in [-0.3, -0.25) is 9.80 Å². The molecule has 2 bridgehead atoms. The Morgan fingerprint density at radius 3 is 2.79 bits per heavy atom. The van der Waals surface area contributed by atoms with Crippen molar-refractivity contribution in [3.63, 3.8) is 0 Å². The van der Waals surface area contributed by atoms with Gasteiger partial charge in [-0.05, 0) is 50.4 Å². The molecule has 2 aliphatic heterocycles. The second-order valence-electron chi connectivity index (χ2n) is 6.27. The van der Waals surface area contributed by atoms with Crippen molar-refractivity contribution in [1.82, 2.24) is 9.80 Å². The van der Waals surface area contributed by atoms with Gasteiger partial charge in [0.25, 0.3) is 0 Å². The standard InChI is InChI=1S/C16H25N3/c1-12-3-4-13(9-16(12)17)10-19-8-7-14-5-6-15(11-19)18(14)2/h3-4,9,14-15H,5-8,10-11,17H2,1-2H3. The summed E-state index contributed by atoms with van der Waals surface area (Å²) in [6.45, 7) is 5.54. The number of hydrogen-bond donors (Lipinski definition) is 1. The highest BCUT2D eigenvalue weighted by Gasteiger charge is 2.34. The first-order valence-corrected chi connectivity index (χ1v) is 7.43. The molecule has 19 heavy (non-hydrogen) atoms. The lowest BCUT2D eigenvalue weighted by Crippen LogP contribution is -2.36. The largest absolute Gasteiger partial charge is 0.399 e. The molecule has 0 aromatic heterocycles. The smallest absolute Gasteiger partial charge is 0.0346 e. The fourth-order valence-electron chi connectivity index (χ4n) is 3.57. The van der Waals surface area contributed by atoms with E-state index in [1.165, 1.54) is 43.5 Å². The monoisotopic (exact) mass is 259 g/mol. The van der Waals surface area contributed by atoms with Crippen LogP contribution >= 0.6 is 0 Å². The number of benzene rings is 1. The minimum atomic E-state index is 0.760. The molecule has 2 aliphatic rings. The van der Waals surface area contributed by atoms with Crippen molar-refractivity contribution in [3.05, 3.63) is 29.3 Å². The second-order valence-corrected chi connectivity index (χ2v) is 6.27. The number of nitrogens with two attached hydrogens (primary N) is 1. The number of rotatable bonds is 2. The summed E-state index contributed by atoms with van der Waals surface area (Å²) in [7, 11) is 2.30. The molecule has 104 valence electrons. The Morgan fingerprint density at radius 2 is 2.00 bits per heavy atom. The van der Waals surface area contributed by atoms with Crippen LogP contribution in [0.1, 0.15) is 30.4 Å². The number of nitrogen functional groups attached to an aromatic ring is 1. The molecule has 2 atom stereocenters. The van der Waals surface area contributed by atoms with E-state index in [0.29, 0.717) is 0 Å². The summed E-state index contributed by atoms with van der Waals surface area (Å²) in [5, 5.41) is 0. The van der Waals surface area contributed by atoms with Crippen LogP contribution < -0.4 is 5.73 Å². The van der Waals surface area contributed by atoms with Gasteiger partial charge in [-0.15, -0.1) is 0 Å². The van der Waals surface area contributed by atoms with E-state index < -0.39 is 0 Å². The maximum atomic E-state index is 6.01. The molecule has 2 fully saturated rings. The van der Waals surface area contributed by atoms with Gasteiger partial charge in [0, 0.05) is 37.4 Å². The van der Waals surface area contributed by atoms with E-state index in [0.717, 1.165) is 24.3 Å². The van der Waals surface area contributed by atoms with E-state index in [9.17, 15) is 0 Å². The quantitative estimate of drug-likeness (QED) is 0.827. The minimum absolute atomic E-state index is 0.760. The Balaban J connectivity index is 1.68. The first kappa shape index (κ1) is 12.9. The molecule has 1 aromatic rings. The molecule has 3 rings (SSSR count). The number of aryl methyl sites for hydroxylation is 1. The Morgan fingerprint density at radius 1 is 1.21 bits per heavy atom. The van der Waals surface area contributed by atoms with Gasteiger partial charge < -0.3 is 5.73 Å². The molecule has 3 nitrogen and oxygen atoms in total. The van der Waals surface area contributed by atoms with Crippen molar-refractivity contribution in [2.24, 2.45) is 0 Å². The van der Waals surface area contributed by atoms with Crippen molar-refractivity contribution < 1.29 is 0 Å². The summed E-state index contributed by atoms with van der Waals surface area (Å²) in [5.41, 5.74) is 9.46. The molecule has 0 radical (unpaired) electrons. The topological polar surface area (TPSA) is 32.5 Å². The lowest BCUT2D eigenvalue weighted by Gasteiger charge is -2.25. The normalized spacial score (nSPS) is 28.5. The first-order valence-electron chi connectivity index (χ1n) is 7.43. The fraction of sp³-hybridized carbons (Fsp3) is 0.625. The maximum absolute atomic E-state index is 6.01. The van der Waals surface area contributed by atoms with E-state index >= 15 is 0 Å². The lowest BCUT2D eigenvalue weighted by molar-refractivity contribution is 0.214. The van der Waals surface area contributed by atoms with Gasteiger partial charge in [-0.25, -0.2) is 0 Å². The number of hydrogen-bond acceptors (Lipinski definition) is 3. The Labute approximate surface area is 116 Å². The van der Waals surface area contributed by atoms with Crippen LogP contribution in [0.2, 0.25) is 0 Å². The molecular formula is C16H25N3. The van der Waals surface area contributed by atoms with Gasteiger partial charge in [0.2, 0.25) is 0 Å². The van der Waals surface area contributed by atoms with Gasteiger partial charge in [0.05, 0.1) is 0 Å². The van der Waals surface area contributed by atoms with Crippen LogP contribution in [0.15, 0.2) is 18.2 Å². The van der Waals surface area contributed by atoms with Gasteiger partial charge in [-0.2, -0.15) is 0 Å².